The van der Waals surface area contributed by atoms with Crippen LogP contribution < -0.4 is 0 Å². The molecule has 0 saturated heterocycles. The first-order valence-electron chi connectivity index (χ1n) is 4.05. The maximum Gasteiger partial charge on any atom is 0.101 e. The zero-order valence-corrected chi connectivity index (χ0v) is 12.4. The van der Waals surface area contributed by atoms with Crippen LogP contribution in [0.5, 0.6) is 0 Å². The largest absolute Gasteiger partial charge is 0.250 e. The van der Waals surface area contributed by atoms with Gasteiger partial charge in [0, 0.05) is 12.7 Å². The van der Waals surface area contributed by atoms with E-state index in [1.165, 1.54) is 10.4 Å². The summed E-state index contributed by atoms with van der Waals surface area (Å²) < 4.78 is 12.9. The number of halogens is 3. The molecular formula is C9H11FI2S. The number of thiophene rings is 1. The van der Waals surface area contributed by atoms with E-state index in [2.05, 4.69) is 63.6 Å². The summed E-state index contributed by atoms with van der Waals surface area (Å²) in [5.41, 5.74) is 1.28. The van der Waals surface area contributed by atoms with Gasteiger partial charge < -0.3 is 0 Å². The van der Waals surface area contributed by atoms with E-state index in [1.807, 2.05) is 0 Å². The first-order chi connectivity index (χ1) is 6.13. The van der Waals surface area contributed by atoms with E-state index in [0.29, 0.717) is 3.92 Å². The molecule has 0 aromatic carbocycles. The normalized spacial score (nSPS) is 15.7. The van der Waals surface area contributed by atoms with Gasteiger partial charge in [0.25, 0.3) is 0 Å². The van der Waals surface area contributed by atoms with E-state index in [1.54, 1.807) is 11.3 Å². The first kappa shape index (κ1) is 12.2. The van der Waals surface area contributed by atoms with E-state index in [4.69, 9.17) is 0 Å². The zero-order valence-electron chi connectivity index (χ0n) is 7.27. The summed E-state index contributed by atoms with van der Waals surface area (Å²) in [5.74, 6) is 0. The average molecular weight is 424 g/mol. The van der Waals surface area contributed by atoms with Gasteiger partial charge >= 0.3 is 0 Å². The maximum atomic E-state index is 12.2. The Morgan fingerprint density at radius 1 is 1.54 bits per heavy atom. The second-order valence-corrected chi connectivity index (χ2v) is 7.50. The predicted octanol–water partition coefficient (Wildman–Crippen LogP) is 4.56. The van der Waals surface area contributed by atoms with Gasteiger partial charge in [-0.1, -0.05) is 45.2 Å². The van der Waals surface area contributed by atoms with Gasteiger partial charge in [0.15, 0.2) is 0 Å². The van der Waals surface area contributed by atoms with Crippen LogP contribution in [0, 0.1) is 0 Å². The van der Waals surface area contributed by atoms with Crippen LogP contribution >= 0.6 is 56.5 Å². The van der Waals surface area contributed by atoms with Crippen molar-refractivity contribution in [3.05, 3.63) is 21.9 Å². The molecule has 2 unspecified atom stereocenters. The van der Waals surface area contributed by atoms with Gasteiger partial charge in [0.2, 0.25) is 0 Å². The first-order valence-corrected chi connectivity index (χ1v) is 7.42. The average Bonchev–Trinajstić information content (AvgIpc) is 2.52. The second kappa shape index (κ2) is 5.85. The molecule has 0 nitrogen and oxygen atoms in total. The van der Waals surface area contributed by atoms with Crippen molar-refractivity contribution in [3.63, 3.8) is 0 Å². The van der Waals surface area contributed by atoms with Crippen LogP contribution in [-0.2, 0) is 6.42 Å². The van der Waals surface area contributed by atoms with Crippen molar-refractivity contribution in [2.45, 2.75) is 21.2 Å². The standard InChI is InChI=1S/C9H11FI2S/c1-6(11)9-3-7(5-13-9)2-8(12)4-10/h3,5-6,8H,2,4H2,1H3. The molecule has 1 aromatic rings. The fourth-order valence-electron chi connectivity index (χ4n) is 1.02. The van der Waals surface area contributed by atoms with Crippen LogP contribution in [-0.4, -0.2) is 10.6 Å². The lowest BCUT2D eigenvalue weighted by molar-refractivity contribution is 0.490. The van der Waals surface area contributed by atoms with Gasteiger partial charge in [0.1, 0.15) is 6.67 Å². The summed E-state index contributed by atoms with van der Waals surface area (Å²) in [6.07, 6.45) is 0.858. The molecule has 0 radical (unpaired) electrons. The highest BCUT2D eigenvalue weighted by molar-refractivity contribution is 14.1. The van der Waals surface area contributed by atoms with Crippen molar-refractivity contribution in [1.29, 1.82) is 0 Å². The van der Waals surface area contributed by atoms with Crippen molar-refractivity contribution >= 4 is 56.5 Å². The minimum absolute atomic E-state index is 0.129. The molecule has 0 fully saturated rings. The van der Waals surface area contributed by atoms with E-state index < -0.39 is 0 Å². The minimum Gasteiger partial charge on any atom is -0.250 e. The molecule has 74 valence electrons. The molecule has 0 aliphatic rings. The van der Waals surface area contributed by atoms with Crippen LogP contribution in [0.4, 0.5) is 4.39 Å². The van der Waals surface area contributed by atoms with Crippen LogP contribution in [0.25, 0.3) is 0 Å². The predicted molar refractivity (Wildman–Crippen MR) is 74.2 cm³/mol. The summed E-state index contributed by atoms with van der Waals surface area (Å²) in [5, 5.41) is 2.14. The molecular weight excluding hydrogens is 413 g/mol. The molecule has 2 atom stereocenters. The Labute approximate surface area is 110 Å². The molecule has 0 N–H and O–H groups in total. The summed E-state index contributed by atoms with van der Waals surface area (Å²) >= 11 is 6.34. The van der Waals surface area contributed by atoms with Crippen LogP contribution in [0.1, 0.15) is 21.3 Å². The second-order valence-electron chi connectivity index (χ2n) is 2.93. The quantitative estimate of drug-likeness (QED) is 0.492. The molecule has 0 aliphatic carbocycles. The number of alkyl halides is 3. The molecule has 13 heavy (non-hydrogen) atoms. The van der Waals surface area contributed by atoms with Crippen LogP contribution in [0.3, 0.4) is 0 Å². The fraction of sp³-hybridized carbons (Fsp3) is 0.556. The highest BCUT2D eigenvalue weighted by Gasteiger charge is 2.08. The summed E-state index contributed by atoms with van der Waals surface area (Å²) in [7, 11) is 0. The lowest BCUT2D eigenvalue weighted by Crippen LogP contribution is -2.03. The molecule has 0 bridgehead atoms. The van der Waals surface area contributed by atoms with E-state index >= 15 is 0 Å². The fourth-order valence-corrected chi connectivity index (χ4v) is 3.01. The summed E-state index contributed by atoms with van der Waals surface area (Å²) in [6, 6.07) is 2.20. The van der Waals surface area contributed by atoms with Gasteiger partial charge in [-0.3, -0.25) is 0 Å². The van der Waals surface area contributed by atoms with Crippen molar-refractivity contribution in [2.75, 3.05) is 6.67 Å². The lowest BCUT2D eigenvalue weighted by atomic mass is 10.2. The Bertz CT molecular complexity index is 260. The van der Waals surface area contributed by atoms with E-state index in [9.17, 15) is 4.39 Å². The highest BCUT2D eigenvalue weighted by Crippen LogP contribution is 2.29. The molecule has 1 rings (SSSR count). The zero-order chi connectivity index (χ0) is 9.84. The third-order valence-corrected chi connectivity index (χ3v) is 4.72. The van der Waals surface area contributed by atoms with Gasteiger partial charge in [-0.05, 0) is 30.4 Å². The Morgan fingerprint density at radius 2 is 2.23 bits per heavy atom. The number of hydrogen-bond acceptors (Lipinski definition) is 1. The molecule has 0 aliphatic heterocycles. The molecule has 1 heterocycles. The van der Waals surface area contributed by atoms with Gasteiger partial charge in [-0.25, -0.2) is 4.39 Å². The smallest absolute Gasteiger partial charge is 0.101 e. The van der Waals surface area contributed by atoms with Gasteiger partial charge in [0.05, 0.1) is 0 Å². The molecule has 0 spiro atoms. The number of rotatable bonds is 4. The van der Waals surface area contributed by atoms with Crippen molar-refractivity contribution in [2.24, 2.45) is 0 Å². The van der Waals surface area contributed by atoms with Crippen LogP contribution in [0.2, 0.25) is 0 Å². The maximum absolute atomic E-state index is 12.2. The third-order valence-electron chi connectivity index (χ3n) is 1.69. The summed E-state index contributed by atoms with van der Waals surface area (Å²) in [6.45, 7) is 1.94. The number of hydrogen-bond donors (Lipinski definition) is 0. The SMILES string of the molecule is CC(I)c1cc(CC(I)CF)cs1. The Morgan fingerprint density at radius 3 is 2.69 bits per heavy atom. The topological polar surface area (TPSA) is 0 Å². The Hall–Kier alpha value is 1.09. The van der Waals surface area contributed by atoms with Crippen molar-refractivity contribution < 1.29 is 4.39 Å². The Kier molecular flexibility index (Phi) is 5.47. The van der Waals surface area contributed by atoms with Crippen molar-refractivity contribution in [1.82, 2.24) is 0 Å². The monoisotopic (exact) mass is 424 g/mol. The molecule has 1 aromatic heterocycles. The molecule has 4 heteroatoms. The third kappa shape index (κ3) is 3.99. The summed E-state index contributed by atoms with van der Waals surface area (Å²) in [4.78, 5) is 1.39. The molecule has 0 amide bonds. The van der Waals surface area contributed by atoms with Gasteiger partial charge in [-0.15, -0.1) is 11.3 Å². The van der Waals surface area contributed by atoms with E-state index in [0.717, 1.165) is 6.42 Å². The Balaban J connectivity index is 2.58. The minimum atomic E-state index is -0.231. The highest BCUT2D eigenvalue weighted by atomic mass is 127. The van der Waals surface area contributed by atoms with Crippen LogP contribution in [0.15, 0.2) is 11.4 Å². The lowest BCUT2D eigenvalue weighted by Gasteiger charge is -2.01. The molecule has 0 saturated carbocycles. The van der Waals surface area contributed by atoms with E-state index in [-0.39, 0.29) is 10.6 Å². The van der Waals surface area contributed by atoms with Crippen molar-refractivity contribution in [3.8, 4) is 0 Å². The van der Waals surface area contributed by atoms with Gasteiger partial charge in [-0.2, -0.15) is 0 Å².